The van der Waals surface area contributed by atoms with Gasteiger partial charge in [0.2, 0.25) is 0 Å². The molecule has 1 heterocycles. The van der Waals surface area contributed by atoms with Gasteiger partial charge in [0.1, 0.15) is 21.9 Å². The van der Waals surface area contributed by atoms with E-state index in [1.807, 2.05) is 5.32 Å². The van der Waals surface area contributed by atoms with Gasteiger partial charge in [-0.2, -0.15) is 0 Å². The maximum Gasteiger partial charge on any atom is 0.410 e. The molecular formula is C14H16BrFN2O4S. The Labute approximate surface area is 141 Å². The summed E-state index contributed by atoms with van der Waals surface area (Å²) in [5.74, 6) is -1.26. The Morgan fingerprint density at radius 2 is 2.00 bits per heavy atom. The normalized spacial score (nSPS) is 25.5. The first-order chi connectivity index (χ1) is 10.4. The molecule has 2 rings (SSSR count). The van der Waals surface area contributed by atoms with Crippen LogP contribution in [0.3, 0.4) is 0 Å². The summed E-state index contributed by atoms with van der Waals surface area (Å²) in [5, 5.41) is 11.0. The van der Waals surface area contributed by atoms with Crippen LogP contribution in [0.4, 0.5) is 9.18 Å². The first-order valence-corrected chi connectivity index (χ1v) is 9.12. The predicted octanol–water partition coefficient (Wildman–Crippen LogP) is 2.68. The number of rotatable bonds is 1. The number of hydrogen-bond acceptors (Lipinski definition) is 4. The summed E-state index contributed by atoms with van der Waals surface area (Å²) in [6.07, 6.45) is -1.43. The molecule has 0 aromatic heterocycles. The zero-order valence-electron chi connectivity index (χ0n) is 12.7. The molecule has 1 aromatic rings. The topological polar surface area (TPSA) is 95.8 Å². The number of nitrogens with zero attached hydrogens (tertiary/aromatic N) is 1. The van der Waals surface area contributed by atoms with Crippen molar-refractivity contribution in [3.63, 3.8) is 0 Å². The average Bonchev–Trinajstić information content (AvgIpc) is 2.38. The molecule has 0 bridgehead atoms. The average molecular weight is 407 g/mol. The summed E-state index contributed by atoms with van der Waals surface area (Å²) < 4.78 is 38.5. The van der Waals surface area contributed by atoms with Crippen molar-refractivity contribution in [2.24, 2.45) is 4.99 Å². The number of amidine groups is 1. The van der Waals surface area contributed by atoms with Gasteiger partial charge in [0.15, 0.2) is 9.84 Å². The number of carbonyl (C=O) groups is 1. The fourth-order valence-corrected chi connectivity index (χ4v) is 4.51. The lowest BCUT2D eigenvalue weighted by molar-refractivity contribution is 0.199. The lowest BCUT2D eigenvalue weighted by Gasteiger charge is -2.39. The van der Waals surface area contributed by atoms with Crippen molar-refractivity contribution < 1.29 is 22.7 Å². The molecule has 0 saturated carbocycles. The molecule has 6 nitrogen and oxygen atoms in total. The molecule has 0 saturated heterocycles. The molecule has 23 heavy (non-hydrogen) atoms. The Morgan fingerprint density at radius 3 is 2.57 bits per heavy atom. The minimum Gasteiger partial charge on any atom is -0.465 e. The van der Waals surface area contributed by atoms with Crippen molar-refractivity contribution in [1.29, 1.82) is 0 Å². The standard InChI is InChI=1S/C14H16BrFN2O4S/c1-13(2)11(17-12(19)20)18-14(3,7-23(13,21)22)9-6-8(15)4-5-10(9)16/h4-6H,7H2,1-3H3,(H,17,18)(H,19,20). The SMILES string of the molecule is CC1(c2cc(Br)ccc2F)CS(=O)(=O)C(C)(C)C(NC(=O)O)=N1. The minimum absolute atomic E-state index is 0.0793. The highest BCUT2D eigenvalue weighted by Gasteiger charge is 2.50. The van der Waals surface area contributed by atoms with Gasteiger partial charge in [-0.3, -0.25) is 10.3 Å². The molecule has 9 heteroatoms. The fourth-order valence-electron chi connectivity index (χ4n) is 2.44. The van der Waals surface area contributed by atoms with Crippen LogP contribution >= 0.6 is 15.9 Å². The number of nitrogens with one attached hydrogen (secondary N) is 1. The van der Waals surface area contributed by atoms with Crippen LogP contribution in [0.1, 0.15) is 26.3 Å². The highest BCUT2D eigenvalue weighted by molar-refractivity contribution is 9.10. The van der Waals surface area contributed by atoms with Crippen molar-refractivity contribution in [2.45, 2.75) is 31.1 Å². The van der Waals surface area contributed by atoms with Crippen molar-refractivity contribution in [3.8, 4) is 0 Å². The summed E-state index contributed by atoms with van der Waals surface area (Å²) in [4.78, 5) is 15.2. The number of sulfone groups is 1. The van der Waals surface area contributed by atoms with Gasteiger partial charge in [0, 0.05) is 10.0 Å². The van der Waals surface area contributed by atoms with Crippen LogP contribution in [0.25, 0.3) is 0 Å². The van der Waals surface area contributed by atoms with E-state index in [0.717, 1.165) is 0 Å². The van der Waals surface area contributed by atoms with Crippen LogP contribution in [0.15, 0.2) is 27.7 Å². The van der Waals surface area contributed by atoms with E-state index in [1.165, 1.54) is 39.0 Å². The molecule has 0 spiro atoms. The lowest BCUT2D eigenvalue weighted by atomic mass is 9.93. The van der Waals surface area contributed by atoms with E-state index in [1.54, 1.807) is 0 Å². The Bertz CT molecular complexity index is 807. The van der Waals surface area contributed by atoms with Gasteiger partial charge in [0.05, 0.1) is 5.75 Å². The third-order valence-electron chi connectivity index (χ3n) is 3.91. The highest BCUT2D eigenvalue weighted by Crippen LogP contribution is 2.38. The number of aliphatic imine (C=N–C) groups is 1. The molecule has 1 aliphatic rings. The van der Waals surface area contributed by atoms with Crippen molar-refractivity contribution >= 4 is 37.7 Å². The van der Waals surface area contributed by atoms with Crippen LogP contribution in [-0.4, -0.2) is 36.0 Å². The second-order valence-corrected chi connectivity index (χ2v) is 9.51. The van der Waals surface area contributed by atoms with Gasteiger partial charge in [-0.05, 0) is 39.0 Å². The van der Waals surface area contributed by atoms with Gasteiger partial charge >= 0.3 is 6.09 Å². The third kappa shape index (κ3) is 3.12. The zero-order valence-corrected chi connectivity index (χ0v) is 15.1. The molecule has 0 aliphatic carbocycles. The molecule has 1 amide bonds. The predicted molar refractivity (Wildman–Crippen MR) is 87.9 cm³/mol. The number of benzene rings is 1. The van der Waals surface area contributed by atoms with E-state index < -0.39 is 37.8 Å². The molecule has 2 N–H and O–H groups in total. The molecule has 1 unspecified atom stereocenters. The van der Waals surface area contributed by atoms with Gasteiger partial charge in [-0.1, -0.05) is 15.9 Å². The molecule has 1 atom stereocenters. The number of amides is 1. The van der Waals surface area contributed by atoms with E-state index in [9.17, 15) is 17.6 Å². The quantitative estimate of drug-likeness (QED) is 0.748. The van der Waals surface area contributed by atoms with E-state index >= 15 is 0 Å². The van der Waals surface area contributed by atoms with Crippen molar-refractivity contribution in [2.75, 3.05) is 5.75 Å². The number of halogens is 2. The second-order valence-electron chi connectivity index (χ2n) is 6.06. The van der Waals surface area contributed by atoms with Crippen LogP contribution < -0.4 is 5.32 Å². The lowest BCUT2D eigenvalue weighted by Crippen LogP contribution is -2.57. The van der Waals surface area contributed by atoms with Gasteiger partial charge in [-0.25, -0.2) is 17.6 Å². The fraction of sp³-hybridized carbons (Fsp3) is 0.429. The Kier molecular flexibility index (Phi) is 4.31. The van der Waals surface area contributed by atoms with Crippen LogP contribution in [0, 0.1) is 5.82 Å². The summed E-state index contributed by atoms with van der Waals surface area (Å²) >= 11 is 3.22. The molecule has 0 radical (unpaired) electrons. The Hall–Kier alpha value is -1.48. The zero-order chi connectivity index (χ0) is 17.6. The molecule has 1 aromatic carbocycles. The molecule has 0 fully saturated rings. The van der Waals surface area contributed by atoms with Crippen molar-refractivity contribution in [1.82, 2.24) is 5.32 Å². The summed E-state index contributed by atoms with van der Waals surface area (Å²) in [6, 6.07) is 4.14. The minimum atomic E-state index is -3.78. The molecular weight excluding hydrogens is 391 g/mol. The van der Waals surface area contributed by atoms with Gasteiger partial charge in [-0.15, -0.1) is 0 Å². The van der Waals surface area contributed by atoms with Crippen LogP contribution in [0.5, 0.6) is 0 Å². The van der Waals surface area contributed by atoms with Gasteiger partial charge < -0.3 is 5.11 Å². The first-order valence-electron chi connectivity index (χ1n) is 6.67. The number of hydrogen-bond donors (Lipinski definition) is 2. The monoisotopic (exact) mass is 406 g/mol. The maximum absolute atomic E-state index is 14.2. The smallest absolute Gasteiger partial charge is 0.410 e. The summed E-state index contributed by atoms with van der Waals surface area (Å²) in [7, 11) is -3.78. The Morgan fingerprint density at radius 1 is 1.39 bits per heavy atom. The van der Waals surface area contributed by atoms with E-state index in [2.05, 4.69) is 20.9 Å². The maximum atomic E-state index is 14.2. The van der Waals surface area contributed by atoms with Crippen LogP contribution in [0.2, 0.25) is 0 Å². The Balaban J connectivity index is 2.71. The number of carboxylic acid groups (broad SMARTS) is 1. The third-order valence-corrected chi connectivity index (χ3v) is 7.10. The van der Waals surface area contributed by atoms with E-state index in [4.69, 9.17) is 5.11 Å². The second kappa shape index (κ2) is 5.55. The highest BCUT2D eigenvalue weighted by atomic mass is 79.9. The van der Waals surface area contributed by atoms with Crippen molar-refractivity contribution in [3.05, 3.63) is 34.1 Å². The largest absolute Gasteiger partial charge is 0.465 e. The van der Waals surface area contributed by atoms with E-state index in [-0.39, 0.29) is 11.4 Å². The first kappa shape index (κ1) is 17.9. The molecule has 126 valence electrons. The van der Waals surface area contributed by atoms with Gasteiger partial charge in [0.25, 0.3) is 0 Å². The summed E-state index contributed by atoms with van der Waals surface area (Å²) in [5.41, 5.74) is -1.35. The molecule has 1 aliphatic heterocycles. The van der Waals surface area contributed by atoms with Crippen LogP contribution in [-0.2, 0) is 15.4 Å². The summed E-state index contributed by atoms with van der Waals surface area (Å²) in [6.45, 7) is 4.20. The van der Waals surface area contributed by atoms with E-state index in [0.29, 0.717) is 4.47 Å².